The van der Waals surface area contributed by atoms with Crippen molar-refractivity contribution in [3.63, 3.8) is 0 Å². The molecule has 0 radical (unpaired) electrons. The first-order chi connectivity index (χ1) is 15.2. The van der Waals surface area contributed by atoms with E-state index in [4.69, 9.17) is 22.2 Å². The Hall–Kier alpha value is -2.48. The highest BCUT2D eigenvalue weighted by Crippen LogP contribution is 2.28. The minimum Gasteiger partial charge on any atom is -0.358 e. The average Bonchev–Trinajstić information content (AvgIpc) is 3.08. The molecule has 2 aromatic heterocycles. The lowest BCUT2D eigenvalue weighted by Crippen LogP contribution is -2.38. The van der Waals surface area contributed by atoms with Crippen LogP contribution < -0.4 is 20.4 Å². The van der Waals surface area contributed by atoms with Gasteiger partial charge in [0.1, 0.15) is 11.6 Å². The van der Waals surface area contributed by atoms with Gasteiger partial charge in [-0.2, -0.15) is 9.97 Å². The highest BCUT2D eigenvalue weighted by Gasteiger charge is 2.22. The molecule has 166 valence electrons. The van der Waals surface area contributed by atoms with Crippen LogP contribution in [0, 0.1) is 0 Å². The summed E-state index contributed by atoms with van der Waals surface area (Å²) in [5.41, 5.74) is 1.08. The number of aromatic nitrogens is 3. The van der Waals surface area contributed by atoms with Crippen molar-refractivity contribution in [1.82, 2.24) is 20.3 Å². The smallest absolute Gasteiger partial charge is 0.232 e. The second-order valence-corrected chi connectivity index (χ2v) is 8.92. The summed E-state index contributed by atoms with van der Waals surface area (Å²) in [6.07, 6.45) is 12.3. The fraction of sp³-hybridized carbons (Fsp3) is 0.565. The number of anilines is 3. The van der Waals surface area contributed by atoms with E-state index >= 15 is 0 Å². The van der Waals surface area contributed by atoms with Crippen molar-refractivity contribution in [2.75, 3.05) is 34.8 Å². The number of hydrogen-bond donors (Lipinski definition) is 2. The van der Waals surface area contributed by atoms with Crippen LogP contribution in [0.3, 0.4) is 0 Å². The minimum absolute atomic E-state index is 0.490. The minimum atomic E-state index is 0.490. The first kappa shape index (κ1) is 21.7. The number of nitrogens with one attached hydrogen (secondary N) is 2. The summed E-state index contributed by atoms with van der Waals surface area (Å²) in [6, 6.07) is 6.61. The van der Waals surface area contributed by atoms with Crippen molar-refractivity contribution in [1.29, 1.82) is 0 Å². The van der Waals surface area contributed by atoms with Gasteiger partial charge in [-0.3, -0.25) is 4.98 Å². The lowest BCUT2D eigenvalue weighted by Gasteiger charge is -2.35. The molecule has 0 aromatic carbocycles. The van der Waals surface area contributed by atoms with Crippen molar-refractivity contribution >= 4 is 34.9 Å². The van der Waals surface area contributed by atoms with E-state index in [1.54, 1.807) is 6.20 Å². The molecule has 0 saturated carbocycles. The molecule has 2 aliphatic heterocycles. The Morgan fingerprint density at radius 2 is 1.84 bits per heavy atom. The molecule has 4 heterocycles. The molecule has 2 aromatic rings. The van der Waals surface area contributed by atoms with E-state index in [9.17, 15) is 0 Å². The van der Waals surface area contributed by atoms with Gasteiger partial charge in [0.15, 0.2) is 5.11 Å². The maximum Gasteiger partial charge on any atom is 0.232 e. The molecule has 8 heteroatoms. The molecule has 0 unspecified atom stereocenters. The van der Waals surface area contributed by atoms with Crippen LogP contribution >= 0.6 is 12.2 Å². The first-order valence-electron chi connectivity index (χ1n) is 11.5. The molecule has 2 aliphatic rings. The van der Waals surface area contributed by atoms with Gasteiger partial charge in [0.05, 0.1) is 0 Å². The fourth-order valence-electron chi connectivity index (χ4n) is 4.36. The summed E-state index contributed by atoms with van der Waals surface area (Å²) in [4.78, 5) is 18.7. The third-order valence-electron chi connectivity index (χ3n) is 6.13. The molecule has 0 amide bonds. The van der Waals surface area contributed by atoms with Crippen molar-refractivity contribution in [3.8, 4) is 0 Å². The molecule has 2 N–H and O–H groups in total. The Morgan fingerprint density at radius 3 is 2.58 bits per heavy atom. The number of nitrogens with zero attached hydrogens (tertiary/aromatic N) is 5. The number of hydrogen-bond acceptors (Lipinski definition) is 6. The summed E-state index contributed by atoms with van der Waals surface area (Å²) in [5, 5.41) is 6.99. The molecule has 0 bridgehead atoms. The highest BCUT2D eigenvalue weighted by atomic mass is 32.1. The number of piperidine rings is 1. The molecular formula is C23H33N7S. The van der Waals surface area contributed by atoms with E-state index in [1.165, 1.54) is 44.9 Å². The topological polar surface area (TPSA) is 69.2 Å². The van der Waals surface area contributed by atoms with Gasteiger partial charge in [0, 0.05) is 50.7 Å². The van der Waals surface area contributed by atoms with Crippen LogP contribution in [0.5, 0.6) is 0 Å². The van der Waals surface area contributed by atoms with Crippen LogP contribution in [0.25, 0.3) is 0 Å². The predicted molar refractivity (Wildman–Crippen MR) is 131 cm³/mol. The highest BCUT2D eigenvalue weighted by molar-refractivity contribution is 7.80. The summed E-state index contributed by atoms with van der Waals surface area (Å²) in [5.74, 6) is 2.57. The molecular weight excluding hydrogens is 406 g/mol. The summed E-state index contributed by atoms with van der Waals surface area (Å²) < 4.78 is 0. The third-order valence-corrected chi connectivity index (χ3v) is 6.37. The molecule has 4 rings (SSSR count). The van der Waals surface area contributed by atoms with Crippen LogP contribution in [-0.4, -0.2) is 45.7 Å². The Labute approximate surface area is 190 Å². The lowest BCUT2D eigenvalue weighted by atomic mass is 10.0. The SMILES string of the molecule is C[C@@H]1CCCCN1c1cc(N2CCCCCC2)nc(NC(=S)NCc2cccnc2)n1. The van der Waals surface area contributed by atoms with Crippen LogP contribution in [0.4, 0.5) is 17.6 Å². The van der Waals surface area contributed by atoms with E-state index in [1.807, 2.05) is 18.3 Å². The summed E-state index contributed by atoms with van der Waals surface area (Å²) >= 11 is 5.53. The molecule has 31 heavy (non-hydrogen) atoms. The maximum atomic E-state index is 5.53. The van der Waals surface area contributed by atoms with E-state index in [0.29, 0.717) is 23.6 Å². The van der Waals surface area contributed by atoms with Gasteiger partial charge in [-0.05, 0) is 62.9 Å². The van der Waals surface area contributed by atoms with Crippen LogP contribution in [0.15, 0.2) is 30.6 Å². The van der Waals surface area contributed by atoms with Gasteiger partial charge in [-0.25, -0.2) is 0 Å². The second kappa shape index (κ2) is 10.7. The van der Waals surface area contributed by atoms with Crippen molar-refractivity contribution in [2.24, 2.45) is 0 Å². The fourth-order valence-corrected chi connectivity index (χ4v) is 4.52. The summed E-state index contributed by atoms with van der Waals surface area (Å²) in [6.45, 7) is 6.05. The first-order valence-corrected chi connectivity index (χ1v) is 11.9. The molecule has 7 nitrogen and oxygen atoms in total. The number of rotatable bonds is 5. The Morgan fingerprint density at radius 1 is 1.06 bits per heavy atom. The predicted octanol–water partition coefficient (Wildman–Crippen LogP) is 4.12. The monoisotopic (exact) mass is 439 g/mol. The summed E-state index contributed by atoms with van der Waals surface area (Å²) in [7, 11) is 0. The van der Waals surface area contributed by atoms with Crippen LogP contribution in [0.1, 0.15) is 57.4 Å². The van der Waals surface area contributed by atoms with Crippen molar-refractivity contribution in [2.45, 2.75) is 64.5 Å². The Bertz CT molecular complexity index is 852. The van der Waals surface area contributed by atoms with Crippen LogP contribution in [-0.2, 0) is 6.54 Å². The third kappa shape index (κ3) is 6.03. The normalized spacial score (nSPS) is 19.6. The van der Waals surface area contributed by atoms with Gasteiger partial charge in [-0.15, -0.1) is 0 Å². The van der Waals surface area contributed by atoms with Gasteiger partial charge < -0.3 is 20.4 Å². The molecule has 2 saturated heterocycles. The number of thiocarbonyl (C=S) groups is 1. The van der Waals surface area contributed by atoms with E-state index in [0.717, 1.165) is 36.8 Å². The van der Waals surface area contributed by atoms with Gasteiger partial charge in [0.25, 0.3) is 0 Å². The Kier molecular flexibility index (Phi) is 7.51. The number of pyridine rings is 1. The van der Waals surface area contributed by atoms with Crippen LogP contribution in [0.2, 0.25) is 0 Å². The molecule has 0 aliphatic carbocycles. The zero-order valence-corrected chi connectivity index (χ0v) is 19.2. The van der Waals surface area contributed by atoms with E-state index in [-0.39, 0.29) is 0 Å². The van der Waals surface area contributed by atoms with Crippen molar-refractivity contribution < 1.29 is 0 Å². The van der Waals surface area contributed by atoms with Gasteiger partial charge in [-0.1, -0.05) is 18.9 Å². The molecule has 0 spiro atoms. The van der Waals surface area contributed by atoms with Crippen molar-refractivity contribution in [3.05, 3.63) is 36.2 Å². The van der Waals surface area contributed by atoms with E-state index < -0.39 is 0 Å². The second-order valence-electron chi connectivity index (χ2n) is 8.52. The average molecular weight is 440 g/mol. The van der Waals surface area contributed by atoms with Gasteiger partial charge in [0.2, 0.25) is 5.95 Å². The lowest BCUT2D eigenvalue weighted by molar-refractivity contribution is 0.481. The molecule has 1 atom stereocenters. The van der Waals surface area contributed by atoms with E-state index in [2.05, 4.69) is 38.4 Å². The standard InChI is InChI=1S/C23H33N7S/c1-18-9-4-7-14-30(18)21-15-20(29-12-5-2-3-6-13-29)26-22(27-21)28-23(31)25-17-19-10-8-11-24-16-19/h8,10-11,15-16,18H,2-7,9,12-14,17H2,1H3,(H2,25,26,27,28,31)/t18-/m1/s1. The van der Waals surface area contributed by atoms with Gasteiger partial charge >= 0.3 is 0 Å². The quantitative estimate of drug-likeness (QED) is 0.675. The maximum absolute atomic E-state index is 5.53. The zero-order chi connectivity index (χ0) is 21.5. The zero-order valence-electron chi connectivity index (χ0n) is 18.4. The largest absolute Gasteiger partial charge is 0.358 e. The molecule has 2 fully saturated rings. The Balaban J connectivity index is 1.52.